The standard InChI is InChI=1S/C13H12F3NO.ClH/c14-13(15,16)12(18)11(17)10-7-3-5-8-4-1-2-6-9(8)10;/h1-7,11-12,18H,17H2;1H/t11-,12-;/m1./s1. The highest BCUT2D eigenvalue weighted by Crippen LogP contribution is 2.31. The summed E-state index contributed by atoms with van der Waals surface area (Å²) in [5, 5.41) is 10.6. The predicted molar refractivity (Wildman–Crippen MR) is 70.2 cm³/mol. The van der Waals surface area contributed by atoms with Crippen LogP contribution in [0.25, 0.3) is 10.8 Å². The third-order valence-corrected chi connectivity index (χ3v) is 2.86. The summed E-state index contributed by atoms with van der Waals surface area (Å²) >= 11 is 0. The Morgan fingerprint density at radius 3 is 2.21 bits per heavy atom. The molecule has 2 atom stereocenters. The Labute approximate surface area is 114 Å². The number of aliphatic hydroxyl groups excluding tert-OH is 1. The third kappa shape index (κ3) is 3.18. The second-order valence-corrected chi connectivity index (χ2v) is 4.08. The van der Waals surface area contributed by atoms with Crippen LogP contribution in [0, 0.1) is 0 Å². The van der Waals surface area contributed by atoms with Crippen molar-refractivity contribution in [3.05, 3.63) is 48.0 Å². The molecular weight excluding hydrogens is 279 g/mol. The van der Waals surface area contributed by atoms with Crippen molar-refractivity contribution in [2.24, 2.45) is 5.73 Å². The number of halogens is 4. The SMILES string of the molecule is Cl.N[C@H](c1cccc2ccccc12)[C@@H](O)C(F)(F)F. The first-order valence-corrected chi connectivity index (χ1v) is 5.39. The number of aliphatic hydroxyl groups is 1. The van der Waals surface area contributed by atoms with Crippen molar-refractivity contribution in [3.63, 3.8) is 0 Å². The molecule has 2 nitrogen and oxygen atoms in total. The highest BCUT2D eigenvalue weighted by atomic mass is 35.5. The first kappa shape index (κ1) is 15.8. The Hall–Kier alpha value is -1.30. The molecule has 2 aromatic rings. The Morgan fingerprint density at radius 2 is 1.58 bits per heavy atom. The Kier molecular flexibility index (Phi) is 4.79. The molecule has 0 unspecified atom stereocenters. The van der Waals surface area contributed by atoms with Crippen LogP contribution in [0.3, 0.4) is 0 Å². The minimum Gasteiger partial charge on any atom is -0.382 e. The lowest BCUT2D eigenvalue weighted by Gasteiger charge is -2.22. The molecule has 0 saturated carbocycles. The molecule has 0 aliphatic heterocycles. The van der Waals surface area contributed by atoms with E-state index in [-0.39, 0.29) is 18.0 Å². The van der Waals surface area contributed by atoms with E-state index in [0.29, 0.717) is 5.39 Å². The first-order chi connectivity index (χ1) is 8.41. The molecule has 3 N–H and O–H groups in total. The zero-order chi connectivity index (χ0) is 13.3. The van der Waals surface area contributed by atoms with Crippen LogP contribution in [0.5, 0.6) is 0 Å². The number of nitrogens with two attached hydrogens (primary N) is 1. The largest absolute Gasteiger partial charge is 0.416 e. The lowest BCUT2D eigenvalue weighted by molar-refractivity contribution is -0.210. The van der Waals surface area contributed by atoms with Crippen LogP contribution in [0.15, 0.2) is 42.5 Å². The number of fused-ring (bicyclic) bond motifs is 1. The minimum atomic E-state index is -4.73. The van der Waals surface area contributed by atoms with Crippen molar-refractivity contribution < 1.29 is 18.3 Å². The molecule has 0 aromatic heterocycles. The van der Waals surface area contributed by atoms with E-state index < -0.39 is 18.3 Å². The van der Waals surface area contributed by atoms with Gasteiger partial charge in [0.05, 0.1) is 6.04 Å². The molecule has 0 amide bonds. The zero-order valence-electron chi connectivity index (χ0n) is 9.76. The van der Waals surface area contributed by atoms with E-state index in [9.17, 15) is 18.3 Å². The predicted octanol–water partition coefficient (Wildman–Crippen LogP) is 3.18. The van der Waals surface area contributed by atoms with Gasteiger partial charge >= 0.3 is 6.18 Å². The van der Waals surface area contributed by atoms with E-state index in [1.54, 1.807) is 36.4 Å². The molecule has 2 rings (SSSR count). The van der Waals surface area contributed by atoms with Gasteiger partial charge in [0.15, 0.2) is 6.10 Å². The first-order valence-electron chi connectivity index (χ1n) is 5.39. The molecular formula is C13H13ClF3NO. The lowest BCUT2D eigenvalue weighted by atomic mass is 9.96. The van der Waals surface area contributed by atoms with Crippen molar-refractivity contribution in [2.45, 2.75) is 18.3 Å². The lowest BCUT2D eigenvalue weighted by Crippen LogP contribution is -2.38. The molecule has 2 aromatic carbocycles. The maximum atomic E-state index is 12.5. The van der Waals surface area contributed by atoms with Crippen molar-refractivity contribution in [3.8, 4) is 0 Å². The fourth-order valence-electron chi connectivity index (χ4n) is 1.91. The monoisotopic (exact) mass is 291 g/mol. The summed E-state index contributed by atoms with van der Waals surface area (Å²) in [5.41, 5.74) is 5.81. The van der Waals surface area contributed by atoms with Gasteiger partial charge in [-0.25, -0.2) is 0 Å². The number of hydrogen-bond donors (Lipinski definition) is 2. The summed E-state index contributed by atoms with van der Waals surface area (Å²) in [4.78, 5) is 0. The summed E-state index contributed by atoms with van der Waals surface area (Å²) in [5.74, 6) is 0. The zero-order valence-corrected chi connectivity index (χ0v) is 10.6. The summed E-state index contributed by atoms with van der Waals surface area (Å²) in [6.45, 7) is 0. The molecule has 6 heteroatoms. The Morgan fingerprint density at radius 1 is 1.00 bits per heavy atom. The van der Waals surface area contributed by atoms with E-state index in [1.807, 2.05) is 0 Å². The second kappa shape index (κ2) is 5.77. The second-order valence-electron chi connectivity index (χ2n) is 4.08. The average molecular weight is 292 g/mol. The van der Waals surface area contributed by atoms with Gasteiger partial charge in [-0.2, -0.15) is 13.2 Å². The highest BCUT2D eigenvalue weighted by molar-refractivity contribution is 5.86. The van der Waals surface area contributed by atoms with Gasteiger partial charge in [-0.1, -0.05) is 42.5 Å². The summed E-state index contributed by atoms with van der Waals surface area (Å²) in [7, 11) is 0. The van der Waals surface area contributed by atoms with Gasteiger partial charge in [0.25, 0.3) is 0 Å². The van der Waals surface area contributed by atoms with Gasteiger partial charge in [-0.3, -0.25) is 0 Å². The molecule has 0 aliphatic rings. The average Bonchev–Trinajstić information content (AvgIpc) is 2.35. The summed E-state index contributed by atoms with van der Waals surface area (Å²) in [6, 6.07) is 10.4. The molecule has 0 spiro atoms. The van der Waals surface area contributed by atoms with Gasteiger partial charge in [-0.05, 0) is 16.3 Å². The van der Waals surface area contributed by atoms with Crippen LogP contribution in [0.1, 0.15) is 11.6 Å². The van der Waals surface area contributed by atoms with Crippen LogP contribution in [0.4, 0.5) is 13.2 Å². The smallest absolute Gasteiger partial charge is 0.382 e. The highest BCUT2D eigenvalue weighted by Gasteiger charge is 2.43. The van der Waals surface area contributed by atoms with E-state index in [4.69, 9.17) is 5.73 Å². The van der Waals surface area contributed by atoms with Gasteiger partial charge in [0.2, 0.25) is 0 Å². The van der Waals surface area contributed by atoms with Crippen molar-refractivity contribution in [1.82, 2.24) is 0 Å². The van der Waals surface area contributed by atoms with Gasteiger partial charge in [0, 0.05) is 0 Å². The van der Waals surface area contributed by atoms with Crippen LogP contribution in [-0.4, -0.2) is 17.4 Å². The van der Waals surface area contributed by atoms with Gasteiger partial charge < -0.3 is 10.8 Å². The minimum absolute atomic E-state index is 0. The molecule has 0 bridgehead atoms. The quantitative estimate of drug-likeness (QED) is 0.892. The number of hydrogen-bond acceptors (Lipinski definition) is 2. The molecule has 0 fully saturated rings. The van der Waals surface area contributed by atoms with Crippen molar-refractivity contribution in [1.29, 1.82) is 0 Å². The molecule has 104 valence electrons. The number of benzene rings is 2. The molecule has 0 radical (unpaired) electrons. The van der Waals surface area contributed by atoms with E-state index in [0.717, 1.165) is 5.39 Å². The van der Waals surface area contributed by atoms with E-state index >= 15 is 0 Å². The Bertz CT molecular complexity index is 554. The van der Waals surface area contributed by atoms with Crippen LogP contribution in [-0.2, 0) is 0 Å². The normalized spacial score (nSPS) is 14.8. The summed E-state index contributed by atoms with van der Waals surface area (Å²) in [6.07, 6.45) is -7.29. The molecule has 19 heavy (non-hydrogen) atoms. The summed E-state index contributed by atoms with van der Waals surface area (Å²) < 4.78 is 37.4. The van der Waals surface area contributed by atoms with Crippen LogP contribution >= 0.6 is 12.4 Å². The molecule has 0 aliphatic carbocycles. The molecule has 0 saturated heterocycles. The van der Waals surface area contributed by atoms with Crippen molar-refractivity contribution >= 4 is 23.2 Å². The van der Waals surface area contributed by atoms with Gasteiger partial charge in [-0.15, -0.1) is 12.4 Å². The third-order valence-electron chi connectivity index (χ3n) is 2.86. The maximum absolute atomic E-state index is 12.5. The van der Waals surface area contributed by atoms with Crippen LogP contribution < -0.4 is 5.73 Å². The Balaban J connectivity index is 0.00000180. The number of rotatable bonds is 2. The maximum Gasteiger partial charge on any atom is 0.416 e. The van der Waals surface area contributed by atoms with Crippen molar-refractivity contribution in [2.75, 3.05) is 0 Å². The molecule has 0 heterocycles. The van der Waals surface area contributed by atoms with Crippen LogP contribution in [0.2, 0.25) is 0 Å². The topological polar surface area (TPSA) is 46.2 Å². The fraction of sp³-hybridized carbons (Fsp3) is 0.231. The van der Waals surface area contributed by atoms with Gasteiger partial charge in [0.1, 0.15) is 0 Å². The van der Waals surface area contributed by atoms with E-state index in [1.165, 1.54) is 6.07 Å². The fourth-order valence-corrected chi connectivity index (χ4v) is 1.91. The van der Waals surface area contributed by atoms with E-state index in [2.05, 4.69) is 0 Å². The number of alkyl halides is 3.